The lowest BCUT2D eigenvalue weighted by atomic mass is 9.59. The highest BCUT2D eigenvalue weighted by Gasteiger charge is 2.58. The Morgan fingerprint density at radius 2 is 1.88 bits per heavy atom. The Bertz CT molecular complexity index is 1540. The van der Waals surface area contributed by atoms with Crippen LogP contribution >= 0.6 is 0 Å². The number of carbonyl (C=O) groups is 2. The second-order valence-electron chi connectivity index (χ2n) is 12.6. The van der Waals surface area contributed by atoms with Gasteiger partial charge in [-0.2, -0.15) is 0 Å². The average molecular weight is 585 g/mol. The number of hydrogen-bond donors (Lipinski definition) is 1. The van der Waals surface area contributed by atoms with Gasteiger partial charge in [0.15, 0.2) is 5.69 Å². The number of alkyl halides is 2. The summed E-state index contributed by atoms with van der Waals surface area (Å²) in [4.78, 5) is 31.6. The number of methoxy groups -OCH3 is 2. The van der Waals surface area contributed by atoms with E-state index in [0.29, 0.717) is 42.8 Å². The summed E-state index contributed by atoms with van der Waals surface area (Å²) in [6.07, 6.45) is 1.99. The molecule has 2 aliphatic rings. The van der Waals surface area contributed by atoms with Crippen molar-refractivity contribution < 1.29 is 32.6 Å². The standard InChI is InChI=1S/C31H38F2N4O5/c1-18-13-24(40-5)21(19-9-11-37(25(18)19)28(39)42-29(2,3)4)15-36-12-10-30(16-31(32,33)17-30)14-23(36)20-7-8-22(27(38)41-6)35-26(20)34/h7-9,11,13,23H,10,12,14-17H2,1-6H3,(H2,34,35)/t23-/m0/s1. The van der Waals surface area contributed by atoms with E-state index in [4.69, 9.17) is 19.9 Å². The first-order valence-electron chi connectivity index (χ1n) is 14.0. The lowest BCUT2D eigenvalue weighted by molar-refractivity contribution is -0.186. The van der Waals surface area contributed by atoms with Crippen LogP contribution in [0.1, 0.15) is 79.7 Å². The molecule has 3 heterocycles. The molecule has 3 aromatic rings. The number of likely N-dealkylation sites (tertiary alicyclic amines) is 1. The monoisotopic (exact) mass is 584 g/mol. The average Bonchev–Trinajstić information content (AvgIpc) is 3.35. The number of carbonyl (C=O) groups excluding carboxylic acids is 2. The lowest BCUT2D eigenvalue weighted by Crippen LogP contribution is -2.53. The third kappa shape index (κ3) is 5.54. The fourth-order valence-electron chi connectivity index (χ4n) is 6.60. The van der Waals surface area contributed by atoms with E-state index in [1.165, 1.54) is 11.7 Å². The fourth-order valence-corrected chi connectivity index (χ4v) is 6.60. The summed E-state index contributed by atoms with van der Waals surface area (Å²) in [5, 5.41) is 0.832. The van der Waals surface area contributed by atoms with Crippen molar-refractivity contribution in [3.8, 4) is 5.75 Å². The second kappa shape index (κ2) is 10.5. The number of aromatic nitrogens is 2. The molecule has 5 rings (SSSR count). The maximum atomic E-state index is 14.1. The molecular weight excluding hydrogens is 546 g/mol. The number of aryl methyl sites for hydroxylation is 1. The summed E-state index contributed by atoms with van der Waals surface area (Å²) in [5.74, 6) is -2.45. The number of nitrogens with two attached hydrogens (primary N) is 1. The van der Waals surface area contributed by atoms with Gasteiger partial charge in [0.05, 0.1) is 19.7 Å². The summed E-state index contributed by atoms with van der Waals surface area (Å²) in [6, 6.07) is 6.73. The molecule has 0 bridgehead atoms. The van der Waals surface area contributed by atoms with E-state index in [0.717, 1.165) is 16.5 Å². The molecule has 0 radical (unpaired) electrons. The van der Waals surface area contributed by atoms with Crippen LogP contribution in [0.15, 0.2) is 30.5 Å². The van der Waals surface area contributed by atoms with Crippen LogP contribution in [0.5, 0.6) is 5.75 Å². The van der Waals surface area contributed by atoms with Crippen LogP contribution in [0.3, 0.4) is 0 Å². The van der Waals surface area contributed by atoms with Gasteiger partial charge in [-0.15, -0.1) is 0 Å². The van der Waals surface area contributed by atoms with E-state index in [1.54, 1.807) is 25.4 Å². The zero-order chi connectivity index (χ0) is 30.6. The molecule has 2 aromatic heterocycles. The van der Waals surface area contributed by atoms with Crippen LogP contribution in [-0.2, 0) is 16.0 Å². The minimum absolute atomic E-state index is 0.0800. The lowest BCUT2D eigenvalue weighted by Gasteiger charge is -2.54. The molecule has 1 aliphatic carbocycles. The van der Waals surface area contributed by atoms with Gasteiger partial charge in [0.25, 0.3) is 0 Å². The number of pyridine rings is 1. The predicted molar refractivity (Wildman–Crippen MR) is 154 cm³/mol. The van der Waals surface area contributed by atoms with Gasteiger partial charge >= 0.3 is 12.1 Å². The van der Waals surface area contributed by atoms with Crippen molar-refractivity contribution in [2.24, 2.45) is 5.41 Å². The van der Waals surface area contributed by atoms with E-state index in [9.17, 15) is 18.4 Å². The maximum Gasteiger partial charge on any atom is 0.419 e. The van der Waals surface area contributed by atoms with Crippen molar-refractivity contribution >= 4 is 28.8 Å². The molecule has 2 N–H and O–H groups in total. The van der Waals surface area contributed by atoms with Crippen LogP contribution in [-0.4, -0.2) is 58.8 Å². The van der Waals surface area contributed by atoms with E-state index >= 15 is 0 Å². The zero-order valence-corrected chi connectivity index (χ0v) is 24.9. The smallest absolute Gasteiger partial charge is 0.419 e. The van der Waals surface area contributed by atoms with Gasteiger partial charge in [0, 0.05) is 48.1 Å². The highest BCUT2D eigenvalue weighted by molar-refractivity contribution is 5.95. The molecule has 1 atom stereocenters. The Labute approximate surface area is 243 Å². The van der Waals surface area contributed by atoms with Gasteiger partial charge in [-0.25, -0.2) is 23.4 Å². The molecule has 0 unspecified atom stereocenters. The van der Waals surface area contributed by atoms with E-state index in [2.05, 4.69) is 9.88 Å². The van der Waals surface area contributed by atoms with Crippen molar-refractivity contribution in [3.05, 3.63) is 52.8 Å². The molecule has 1 saturated carbocycles. The van der Waals surface area contributed by atoms with Crippen LogP contribution in [0.4, 0.5) is 19.4 Å². The number of nitrogen functional groups attached to an aromatic ring is 1. The number of anilines is 1. The zero-order valence-electron chi connectivity index (χ0n) is 24.9. The highest BCUT2D eigenvalue weighted by atomic mass is 19.3. The topological polar surface area (TPSA) is 109 Å². The Morgan fingerprint density at radius 3 is 2.48 bits per heavy atom. The fraction of sp³-hybridized carbons (Fsp3) is 0.516. The van der Waals surface area contributed by atoms with E-state index in [1.807, 2.05) is 39.8 Å². The maximum absolute atomic E-state index is 14.1. The first-order valence-corrected chi connectivity index (χ1v) is 14.0. The van der Waals surface area contributed by atoms with E-state index in [-0.39, 0.29) is 30.4 Å². The van der Waals surface area contributed by atoms with Crippen LogP contribution in [0.2, 0.25) is 0 Å². The van der Waals surface area contributed by atoms with Gasteiger partial charge in [0.1, 0.15) is 17.2 Å². The Balaban J connectivity index is 1.55. The Hall–Kier alpha value is -3.73. The third-order valence-electron chi connectivity index (χ3n) is 8.38. The molecule has 11 heteroatoms. The molecule has 2 fully saturated rings. The molecule has 9 nitrogen and oxygen atoms in total. The number of rotatable bonds is 5. The minimum atomic E-state index is -2.66. The van der Waals surface area contributed by atoms with Crippen molar-refractivity contribution in [1.82, 2.24) is 14.5 Å². The summed E-state index contributed by atoms with van der Waals surface area (Å²) in [5.41, 5.74) is 8.40. The summed E-state index contributed by atoms with van der Waals surface area (Å²) >= 11 is 0. The SMILES string of the molecule is COC(=O)c1ccc([C@@H]2CC3(CCN2Cc2c(OC)cc(C)c4c2ccn4C(=O)OC(C)(C)C)CC(F)(F)C3)c(N)n1. The van der Waals surface area contributed by atoms with Gasteiger partial charge < -0.3 is 19.9 Å². The Morgan fingerprint density at radius 1 is 1.17 bits per heavy atom. The molecule has 1 saturated heterocycles. The van der Waals surface area contributed by atoms with Crippen LogP contribution < -0.4 is 10.5 Å². The number of ether oxygens (including phenoxy) is 3. The van der Waals surface area contributed by atoms with Gasteiger partial charge in [-0.3, -0.25) is 9.47 Å². The van der Waals surface area contributed by atoms with Crippen molar-refractivity contribution in [2.75, 3.05) is 26.5 Å². The van der Waals surface area contributed by atoms with Crippen molar-refractivity contribution in [3.63, 3.8) is 0 Å². The number of hydrogen-bond acceptors (Lipinski definition) is 8. The summed E-state index contributed by atoms with van der Waals surface area (Å²) in [7, 11) is 2.87. The number of fused-ring (bicyclic) bond motifs is 1. The van der Waals surface area contributed by atoms with Gasteiger partial charge in [0.2, 0.25) is 5.92 Å². The number of halogens is 2. The molecule has 0 amide bonds. The quantitative estimate of drug-likeness (QED) is 0.350. The van der Waals surface area contributed by atoms with Crippen molar-refractivity contribution in [1.29, 1.82) is 0 Å². The van der Waals surface area contributed by atoms with Crippen LogP contribution in [0, 0.1) is 12.3 Å². The number of piperidine rings is 1. The minimum Gasteiger partial charge on any atom is -0.496 e. The van der Waals surface area contributed by atoms with Crippen LogP contribution in [0.25, 0.3) is 10.9 Å². The second-order valence-corrected chi connectivity index (χ2v) is 12.6. The van der Waals surface area contributed by atoms with Gasteiger partial charge in [-0.1, -0.05) is 6.07 Å². The highest BCUT2D eigenvalue weighted by Crippen LogP contribution is 2.61. The van der Waals surface area contributed by atoms with Gasteiger partial charge in [-0.05, 0) is 76.3 Å². The first-order chi connectivity index (χ1) is 19.7. The molecule has 1 aliphatic heterocycles. The number of benzene rings is 1. The molecule has 1 aromatic carbocycles. The summed E-state index contributed by atoms with van der Waals surface area (Å²) in [6.45, 7) is 8.32. The largest absolute Gasteiger partial charge is 0.496 e. The summed E-state index contributed by atoms with van der Waals surface area (Å²) < 4.78 is 46.0. The van der Waals surface area contributed by atoms with Crippen molar-refractivity contribution in [2.45, 2.75) is 77.5 Å². The normalized spacial score (nSPS) is 19.9. The number of esters is 1. The molecule has 1 spiro atoms. The molecule has 42 heavy (non-hydrogen) atoms. The third-order valence-corrected chi connectivity index (χ3v) is 8.38. The predicted octanol–water partition coefficient (Wildman–Crippen LogP) is 6.26. The molecule has 226 valence electrons. The Kier molecular flexibility index (Phi) is 7.45. The molecular formula is C31H38F2N4O5. The number of nitrogens with zero attached hydrogens (tertiary/aromatic N) is 3. The first kappa shape index (κ1) is 29.8. The van der Waals surface area contributed by atoms with E-state index < -0.39 is 29.0 Å².